The summed E-state index contributed by atoms with van der Waals surface area (Å²) in [7, 11) is 1.63. The van der Waals surface area contributed by atoms with E-state index in [-0.39, 0.29) is 22.8 Å². The molecule has 19 nitrogen and oxygen atoms in total. The number of carboxylic acids is 1. The first-order valence-corrected chi connectivity index (χ1v) is 27.2. The minimum absolute atomic E-state index is 0.188. The summed E-state index contributed by atoms with van der Waals surface area (Å²) < 4.78 is 97.4. The normalized spacial score (nSPS) is 13.8. The van der Waals surface area contributed by atoms with Crippen molar-refractivity contribution >= 4 is 63.1 Å². The number of halogens is 6. The van der Waals surface area contributed by atoms with Crippen LogP contribution in [0.5, 0.6) is 28.7 Å². The first-order valence-electron chi connectivity index (χ1n) is 27.2. The van der Waals surface area contributed by atoms with E-state index in [1.165, 1.54) is 49.9 Å². The van der Waals surface area contributed by atoms with Gasteiger partial charge < -0.3 is 40.6 Å². The highest BCUT2D eigenvalue weighted by Crippen LogP contribution is 2.38. The number of rotatable bonds is 15. The van der Waals surface area contributed by atoms with E-state index in [0.717, 1.165) is 104 Å². The molecule has 6 aromatic heterocycles. The molecule has 2 aliphatic carbocycles. The van der Waals surface area contributed by atoms with Crippen molar-refractivity contribution < 1.29 is 60.0 Å². The quantitative estimate of drug-likeness (QED) is 0.0523. The van der Waals surface area contributed by atoms with Crippen molar-refractivity contribution in [3.8, 4) is 28.7 Å². The molecular formula is C60H58F6N12O7. The molecule has 0 aliphatic heterocycles. The van der Waals surface area contributed by atoms with Crippen molar-refractivity contribution in [1.82, 2.24) is 39.9 Å². The number of benzene rings is 3. The molecule has 0 saturated heterocycles. The third kappa shape index (κ3) is 16.1. The van der Waals surface area contributed by atoms with Gasteiger partial charge in [0.2, 0.25) is 0 Å². The number of methoxy groups -OCH3 is 1. The van der Waals surface area contributed by atoms with E-state index in [1.807, 2.05) is 28.9 Å². The van der Waals surface area contributed by atoms with Crippen LogP contribution in [-0.4, -0.2) is 82.0 Å². The van der Waals surface area contributed by atoms with Crippen LogP contribution < -0.4 is 35.5 Å². The lowest BCUT2D eigenvalue weighted by Gasteiger charge is -2.22. The van der Waals surface area contributed by atoms with E-state index in [2.05, 4.69) is 51.4 Å². The van der Waals surface area contributed by atoms with Crippen LogP contribution in [0.2, 0.25) is 0 Å². The number of carbonyl (C=O) groups is 3. The molecular weight excluding hydrogens is 1110 g/mol. The third-order valence-electron chi connectivity index (χ3n) is 13.7. The van der Waals surface area contributed by atoms with E-state index >= 15 is 0 Å². The van der Waals surface area contributed by atoms with Gasteiger partial charge in [0.25, 0.3) is 17.8 Å². The molecule has 9 aromatic rings. The molecule has 25 heteroatoms. The van der Waals surface area contributed by atoms with Gasteiger partial charge in [-0.3, -0.25) is 19.5 Å². The van der Waals surface area contributed by atoms with Gasteiger partial charge in [0.05, 0.1) is 24.8 Å². The van der Waals surface area contributed by atoms with Crippen LogP contribution >= 0.6 is 0 Å². The fraction of sp³-hybridized carbons (Fsp3) is 0.283. The maximum Gasteiger partial charge on any atom is 0.416 e. The molecule has 11 rings (SSSR count). The summed E-state index contributed by atoms with van der Waals surface area (Å²) in [6, 6.07) is 27.8. The van der Waals surface area contributed by atoms with E-state index in [9.17, 15) is 35.9 Å². The number of nitrogens with zero attached hydrogens (tertiary/aromatic N) is 7. The molecule has 0 spiro atoms. The van der Waals surface area contributed by atoms with Gasteiger partial charge in [0, 0.05) is 67.1 Å². The number of carbonyl (C=O) groups excluding carboxylic acids is 2. The van der Waals surface area contributed by atoms with E-state index in [4.69, 9.17) is 29.2 Å². The fourth-order valence-electron chi connectivity index (χ4n) is 9.59. The molecule has 3 aromatic carbocycles. The number of carboxylic acid groups (broad SMARTS) is 1. The number of fused-ring (bicyclic) bond motifs is 2. The Morgan fingerprint density at radius 1 is 0.588 bits per heavy atom. The molecule has 2 aliphatic rings. The van der Waals surface area contributed by atoms with Gasteiger partial charge in [-0.25, -0.2) is 24.6 Å². The molecule has 2 amide bonds. The second-order valence-electron chi connectivity index (χ2n) is 20.0. The Morgan fingerprint density at radius 3 is 1.52 bits per heavy atom. The van der Waals surface area contributed by atoms with Crippen LogP contribution in [0.15, 0.2) is 134 Å². The average Bonchev–Trinajstić information content (AvgIpc) is 3.37. The standard InChI is InChI=1S/C33H31F3N6O3.C25H23F3N6O2.C2H4O2/c1-44-25-11-7-21(8-12-25)20-42-31-29(30(41-42)39-24-5-3-2-4-6-24)27(16-18-38-31)45-26-13-9-22(10-14-26)32(43)40-28-19-23(15-17-37-28)33(34,35)36;26-25(27,28)16-10-12-29-20(14-16)32-24(35)15-6-8-18(9-7-15)36-19-11-13-30-22-21(19)23(34-33-22)31-17-4-2-1-3-5-17;1-2(3)4/h7-19,24H,2-6,20H2,1H3,(H,39,41)(H,37,40,43);6-14,17H,1-5H2,(H,29,32,35)(H2,30,31,33,34);1H3,(H,3,4). The Balaban J connectivity index is 0.000000196. The molecule has 2 fully saturated rings. The van der Waals surface area contributed by atoms with Crippen LogP contribution in [0.3, 0.4) is 0 Å². The SMILES string of the molecule is CC(=O)O.COc1ccc(Cn2nc(NC3CCCCC3)c3c(Oc4ccc(C(=O)Nc5cc(C(F)(F)F)ccn5)cc4)ccnc32)cc1.O=C(Nc1cc(C(F)(F)F)ccn1)c1ccc(Oc2ccnc3[nH]nc(NC4CCCCC4)c23)cc1. The fourth-order valence-corrected chi connectivity index (χ4v) is 9.59. The van der Waals surface area contributed by atoms with Gasteiger partial charge in [-0.2, -0.15) is 36.5 Å². The van der Waals surface area contributed by atoms with E-state index in [0.29, 0.717) is 64.6 Å². The molecule has 0 atom stereocenters. The maximum atomic E-state index is 13.0. The van der Waals surface area contributed by atoms with Gasteiger partial charge in [0.15, 0.2) is 22.9 Å². The second-order valence-corrected chi connectivity index (χ2v) is 20.0. The predicted octanol–water partition coefficient (Wildman–Crippen LogP) is 13.9. The second kappa shape index (κ2) is 27.1. The molecule has 0 bridgehead atoms. The van der Waals surface area contributed by atoms with E-state index in [1.54, 1.807) is 55.9 Å². The minimum Gasteiger partial charge on any atom is -0.497 e. The molecule has 6 heterocycles. The highest BCUT2D eigenvalue weighted by Gasteiger charge is 2.32. The molecule has 0 unspecified atom stereocenters. The molecule has 442 valence electrons. The number of pyridine rings is 4. The van der Waals surface area contributed by atoms with Crippen molar-refractivity contribution in [2.24, 2.45) is 0 Å². The van der Waals surface area contributed by atoms with E-state index < -0.39 is 41.3 Å². The highest BCUT2D eigenvalue weighted by atomic mass is 19.4. The number of alkyl halides is 6. The zero-order valence-electron chi connectivity index (χ0n) is 45.9. The lowest BCUT2D eigenvalue weighted by Crippen LogP contribution is -2.22. The van der Waals surface area contributed by atoms with Crippen LogP contribution in [-0.2, 0) is 23.7 Å². The number of hydrogen-bond donors (Lipinski definition) is 6. The molecule has 0 radical (unpaired) electrons. The number of hydrogen-bond acceptors (Lipinski definition) is 14. The van der Waals surface area contributed by atoms with Gasteiger partial charge in [-0.05, 0) is 116 Å². The number of ether oxygens (including phenoxy) is 3. The average molecular weight is 1170 g/mol. The Kier molecular flexibility index (Phi) is 19.0. The smallest absolute Gasteiger partial charge is 0.416 e. The van der Waals surface area contributed by atoms with Crippen LogP contribution in [0.4, 0.5) is 49.6 Å². The summed E-state index contributed by atoms with van der Waals surface area (Å²) in [6.45, 7) is 1.58. The number of aliphatic carboxylic acids is 1. The third-order valence-corrected chi connectivity index (χ3v) is 13.7. The molecule has 85 heavy (non-hydrogen) atoms. The highest BCUT2D eigenvalue weighted by molar-refractivity contribution is 6.04. The minimum atomic E-state index is -4.54. The zero-order chi connectivity index (χ0) is 60.1. The Morgan fingerprint density at radius 2 is 1.04 bits per heavy atom. The summed E-state index contributed by atoms with van der Waals surface area (Å²) in [4.78, 5) is 50.8. The van der Waals surface area contributed by atoms with Crippen molar-refractivity contribution in [2.75, 3.05) is 28.4 Å². The van der Waals surface area contributed by atoms with Crippen molar-refractivity contribution in [1.29, 1.82) is 0 Å². The Hall–Kier alpha value is -9.81. The lowest BCUT2D eigenvalue weighted by molar-refractivity contribution is -0.138. The largest absolute Gasteiger partial charge is 0.497 e. The molecule has 2 saturated carbocycles. The summed E-state index contributed by atoms with van der Waals surface area (Å²) in [5, 5.41) is 33.1. The van der Waals surface area contributed by atoms with Crippen molar-refractivity contribution in [3.63, 3.8) is 0 Å². The summed E-state index contributed by atoms with van der Waals surface area (Å²) in [5.41, 5.74) is 0.966. The number of amides is 2. The van der Waals surface area contributed by atoms with Crippen LogP contribution in [0.25, 0.3) is 22.1 Å². The Labute approximate surface area is 482 Å². The summed E-state index contributed by atoms with van der Waals surface area (Å²) in [6.07, 6.45) is 7.67. The first-order chi connectivity index (χ1) is 40.9. The number of aromatic nitrogens is 8. The maximum absolute atomic E-state index is 13.0. The van der Waals surface area contributed by atoms with Crippen LogP contribution in [0.1, 0.15) is 109 Å². The number of nitrogens with one attached hydrogen (secondary N) is 5. The summed E-state index contributed by atoms with van der Waals surface area (Å²) in [5.74, 6) is 1.78. The van der Waals surface area contributed by atoms with Gasteiger partial charge in [-0.1, -0.05) is 50.7 Å². The van der Waals surface area contributed by atoms with Crippen LogP contribution in [0, 0.1) is 0 Å². The molecule has 6 N–H and O–H groups in total. The van der Waals surface area contributed by atoms with Gasteiger partial charge in [0.1, 0.15) is 51.2 Å². The van der Waals surface area contributed by atoms with Crippen molar-refractivity contribution in [2.45, 2.75) is 102 Å². The zero-order valence-corrected chi connectivity index (χ0v) is 45.9. The topological polar surface area (TPSA) is 245 Å². The van der Waals surface area contributed by atoms with Crippen molar-refractivity contribution in [3.05, 3.63) is 162 Å². The number of aromatic amines is 1. The number of anilines is 4. The predicted molar refractivity (Wildman–Crippen MR) is 305 cm³/mol. The number of H-pyrrole nitrogens is 1. The summed E-state index contributed by atoms with van der Waals surface area (Å²) >= 11 is 0. The van der Waals surface area contributed by atoms with Gasteiger partial charge in [-0.15, -0.1) is 0 Å². The first kappa shape index (κ1) is 59.8. The Bertz CT molecular complexity index is 3730. The monoisotopic (exact) mass is 1170 g/mol. The lowest BCUT2D eigenvalue weighted by atomic mass is 9.95. The van der Waals surface area contributed by atoms with Gasteiger partial charge >= 0.3 is 12.4 Å².